The molecule has 0 aliphatic heterocycles. The van der Waals surface area contributed by atoms with E-state index >= 15 is 0 Å². The van der Waals surface area contributed by atoms with Crippen LogP contribution in [0.1, 0.15) is 59.3 Å². The molecule has 2 aliphatic rings. The van der Waals surface area contributed by atoms with Gasteiger partial charge in [-0.25, -0.2) is 0 Å². The van der Waals surface area contributed by atoms with Crippen LogP contribution in [0.4, 0.5) is 0 Å². The lowest BCUT2D eigenvalue weighted by atomic mass is 9.96. The second kappa shape index (κ2) is 6.83. The van der Waals surface area contributed by atoms with Crippen LogP contribution >= 0.6 is 0 Å². The van der Waals surface area contributed by atoms with Gasteiger partial charge < -0.3 is 5.73 Å². The molecule has 0 fully saturated rings. The molecule has 128 valence electrons. The first-order chi connectivity index (χ1) is 12.2. The lowest BCUT2D eigenvalue weighted by Gasteiger charge is -2.12. The predicted octanol–water partition coefficient (Wildman–Crippen LogP) is 3.76. The number of amides is 1. The van der Waals surface area contributed by atoms with E-state index in [1.807, 2.05) is 12.1 Å². The largest absolute Gasteiger partial charge is 0.369 e. The molecule has 2 aliphatic carbocycles. The van der Waals surface area contributed by atoms with E-state index in [1.54, 1.807) is 0 Å². The molecule has 1 aromatic heterocycles. The molecule has 0 unspecified atom stereocenters. The molecule has 25 heavy (non-hydrogen) atoms. The Labute approximate surface area is 149 Å². The minimum Gasteiger partial charge on any atom is -0.369 e. The lowest BCUT2D eigenvalue weighted by molar-refractivity contribution is -0.117. The summed E-state index contributed by atoms with van der Waals surface area (Å²) in [5.74, 6) is -0.283. The van der Waals surface area contributed by atoms with Crippen LogP contribution in [0.25, 0.3) is 5.57 Å². The monoisotopic (exact) mass is 332 g/mol. The number of pyridine rings is 1. The summed E-state index contributed by atoms with van der Waals surface area (Å²) in [5.41, 5.74) is 14.3. The molecule has 1 heterocycles. The number of aryl methyl sites for hydroxylation is 1. The average molecular weight is 332 g/mol. The smallest absolute Gasteiger partial charge is 0.221 e. The molecule has 3 heteroatoms. The minimum absolute atomic E-state index is 0.283. The average Bonchev–Trinajstić information content (AvgIpc) is 3.27. The Balaban J connectivity index is 1.62. The number of nitrogens with two attached hydrogens (primary N) is 1. The van der Waals surface area contributed by atoms with Crippen LogP contribution in [0.15, 0.2) is 36.4 Å². The van der Waals surface area contributed by atoms with Crippen molar-refractivity contribution in [2.45, 2.75) is 51.4 Å². The second-order valence-electron chi connectivity index (χ2n) is 7.20. The van der Waals surface area contributed by atoms with Gasteiger partial charge in [0.15, 0.2) is 0 Å². The van der Waals surface area contributed by atoms with Gasteiger partial charge in [0.2, 0.25) is 5.91 Å². The van der Waals surface area contributed by atoms with Gasteiger partial charge in [-0.05, 0) is 78.8 Å². The summed E-state index contributed by atoms with van der Waals surface area (Å²) in [7, 11) is 0. The second-order valence-corrected chi connectivity index (χ2v) is 7.20. The fourth-order valence-corrected chi connectivity index (χ4v) is 4.05. The SMILES string of the molecule is NC(=O)Cc1ccc(Cc2cc(C3=CCCC3)nc3c2CCC3)cc1. The first-order valence-corrected chi connectivity index (χ1v) is 9.26. The maximum absolute atomic E-state index is 11.0. The Kier molecular flexibility index (Phi) is 4.39. The zero-order valence-electron chi connectivity index (χ0n) is 14.6. The summed E-state index contributed by atoms with van der Waals surface area (Å²) in [5, 5.41) is 0. The molecule has 0 atom stereocenters. The minimum atomic E-state index is -0.283. The van der Waals surface area contributed by atoms with Gasteiger partial charge >= 0.3 is 0 Å². The van der Waals surface area contributed by atoms with Gasteiger partial charge in [0.25, 0.3) is 0 Å². The van der Waals surface area contributed by atoms with E-state index in [2.05, 4.69) is 24.3 Å². The van der Waals surface area contributed by atoms with E-state index in [-0.39, 0.29) is 5.91 Å². The molecular formula is C22H24N2O. The molecular weight excluding hydrogens is 308 g/mol. The summed E-state index contributed by atoms with van der Waals surface area (Å²) >= 11 is 0. The van der Waals surface area contributed by atoms with Gasteiger partial charge in [-0.15, -0.1) is 0 Å². The van der Waals surface area contributed by atoms with Gasteiger partial charge in [0.05, 0.1) is 12.1 Å². The van der Waals surface area contributed by atoms with Gasteiger partial charge in [-0.3, -0.25) is 9.78 Å². The number of hydrogen-bond donors (Lipinski definition) is 1. The Morgan fingerprint density at radius 1 is 1.04 bits per heavy atom. The number of benzene rings is 1. The molecule has 0 saturated carbocycles. The van der Waals surface area contributed by atoms with Crippen molar-refractivity contribution in [3.8, 4) is 0 Å². The lowest BCUT2D eigenvalue weighted by Crippen LogP contribution is -2.13. The van der Waals surface area contributed by atoms with Crippen LogP contribution in [0.3, 0.4) is 0 Å². The molecule has 1 aromatic carbocycles. The number of fused-ring (bicyclic) bond motifs is 1. The van der Waals surface area contributed by atoms with Crippen LogP contribution in [-0.4, -0.2) is 10.9 Å². The number of carbonyl (C=O) groups is 1. The number of allylic oxidation sites excluding steroid dienone is 2. The van der Waals surface area contributed by atoms with E-state index in [1.165, 1.54) is 52.9 Å². The Hall–Kier alpha value is -2.42. The standard InChI is InChI=1S/C22H24N2O/c23-22(25)13-16-10-8-15(9-11-16)12-18-14-21(17-4-1-2-5-17)24-20-7-3-6-19(18)20/h4,8-11,14H,1-3,5-7,12-13H2,(H2,23,25). The molecule has 2 aromatic rings. The van der Waals surface area contributed by atoms with Gasteiger partial charge in [0, 0.05) is 5.69 Å². The van der Waals surface area contributed by atoms with Crippen molar-refractivity contribution < 1.29 is 4.79 Å². The summed E-state index contributed by atoms with van der Waals surface area (Å²) in [4.78, 5) is 16.0. The quantitative estimate of drug-likeness (QED) is 0.906. The number of hydrogen-bond acceptors (Lipinski definition) is 2. The van der Waals surface area contributed by atoms with Crippen LogP contribution < -0.4 is 5.73 Å². The van der Waals surface area contributed by atoms with Crippen LogP contribution in [0, 0.1) is 0 Å². The van der Waals surface area contributed by atoms with E-state index in [0.29, 0.717) is 6.42 Å². The highest BCUT2D eigenvalue weighted by atomic mass is 16.1. The third-order valence-electron chi connectivity index (χ3n) is 5.31. The topological polar surface area (TPSA) is 56.0 Å². The van der Waals surface area contributed by atoms with Crippen molar-refractivity contribution in [3.05, 3.63) is 70.0 Å². The Bertz CT molecular complexity index is 834. The molecule has 1 amide bonds. The third kappa shape index (κ3) is 3.51. The summed E-state index contributed by atoms with van der Waals surface area (Å²) in [6.07, 6.45) is 10.7. The van der Waals surface area contributed by atoms with Crippen molar-refractivity contribution in [1.82, 2.24) is 4.98 Å². The van der Waals surface area contributed by atoms with E-state index < -0.39 is 0 Å². The highest BCUT2D eigenvalue weighted by molar-refractivity contribution is 5.76. The Morgan fingerprint density at radius 2 is 1.84 bits per heavy atom. The van der Waals surface area contributed by atoms with Gasteiger partial charge in [0.1, 0.15) is 0 Å². The van der Waals surface area contributed by atoms with Crippen molar-refractivity contribution in [2.75, 3.05) is 0 Å². The van der Waals surface area contributed by atoms with Crippen molar-refractivity contribution in [1.29, 1.82) is 0 Å². The zero-order valence-corrected chi connectivity index (χ0v) is 14.6. The van der Waals surface area contributed by atoms with E-state index in [4.69, 9.17) is 10.7 Å². The van der Waals surface area contributed by atoms with E-state index in [9.17, 15) is 4.79 Å². The van der Waals surface area contributed by atoms with Crippen molar-refractivity contribution >= 4 is 11.5 Å². The highest BCUT2D eigenvalue weighted by Gasteiger charge is 2.20. The number of primary amides is 1. The summed E-state index contributed by atoms with van der Waals surface area (Å²) < 4.78 is 0. The fourth-order valence-electron chi connectivity index (χ4n) is 4.05. The molecule has 2 N–H and O–H groups in total. The first kappa shape index (κ1) is 16.1. The van der Waals surface area contributed by atoms with Crippen molar-refractivity contribution in [3.63, 3.8) is 0 Å². The Morgan fingerprint density at radius 3 is 2.56 bits per heavy atom. The normalized spacial score (nSPS) is 15.9. The van der Waals surface area contributed by atoms with Crippen LogP contribution in [0.2, 0.25) is 0 Å². The molecule has 3 nitrogen and oxygen atoms in total. The maximum atomic E-state index is 11.0. The third-order valence-corrected chi connectivity index (χ3v) is 5.31. The fraction of sp³-hybridized carbons (Fsp3) is 0.364. The van der Waals surface area contributed by atoms with Crippen molar-refractivity contribution in [2.24, 2.45) is 5.73 Å². The van der Waals surface area contributed by atoms with Crippen LogP contribution in [0.5, 0.6) is 0 Å². The molecule has 0 radical (unpaired) electrons. The highest BCUT2D eigenvalue weighted by Crippen LogP contribution is 2.32. The van der Waals surface area contributed by atoms with Gasteiger partial charge in [-0.2, -0.15) is 0 Å². The molecule has 4 rings (SSSR count). The summed E-state index contributed by atoms with van der Waals surface area (Å²) in [6.45, 7) is 0. The summed E-state index contributed by atoms with van der Waals surface area (Å²) in [6, 6.07) is 10.6. The van der Waals surface area contributed by atoms with Gasteiger partial charge in [-0.1, -0.05) is 30.3 Å². The molecule has 0 saturated heterocycles. The van der Waals surface area contributed by atoms with E-state index in [0.717, 1.165) is 31.2 Å². The predicted molar refractivity (Wildman–Crippen MR) is 100 cm³/mol. The molecule has 0 spiro atoms. The number of carbonyl (C=O) groups excluding carboxylic acids is 1. The number of nitrogens with zero attached hydrogens (tertiary/aromatic N) is 1. The molecule has 0 bridgehead atoms. The maximum Gasteiger partial charge on any atom is 0.221 e. The number of aromatic nitrogens is 1. The number of rotatable bonds is 5. The van der Waals surface area contributed by atoms with Crippen LogP contribution in [-0.2, 0) is 30.5 Å². The zero-order chi connectivity index (χ0) is 17.2. The first-order valence-electron chi connectivity index (χ1n) is 9.26.